The average molecular weight is 223 g/mol. The maximum absolute atomic E-state index is 5.62. The van der Waals surface area contributed by atoms with E-state index in [9.17, 15) is 0 Å². The molecule has 1 fully saturated rings. The van der Waals surface area contributed by atoms with Crippen LogP contribution in [-0.2, 0) is 0 Å². The molecule has 0 aromatic carbocycles. The summed E-state index contributed by atoms with van der Waals surface area (Å²) < 4.78 is 5.00. The predicted molar refractivity (Wildman–Crippen MR) is 61.5 cm³/mol. The van der Waals surface area contributed by atoms with E-state index < -0.39 is 0 Å². The number of hydrogen-bond acceptors (Lipinski definition) is 6. The number of methoxy groups -OCH3 is 1. The van der Waals surface area contributed by atoms with Crippen LogP contribution in [0, 0.1) is 0 Å². The maximum Gasteiger partial charge on any atom is 0.322 e. The number of nitrogens with two attached hydrogens (primary N) is 1. The number of anilines is 2. The summed E-state index contributed by atoms with van der Waals surface area (Å²) in [5.74, 6) is 0.845. The van der Waals surface area contributed by atoms with Crippen molar-refractivity contribution in [2.45, 2.75) is 32.2 Å². The molecule has 0 radical (unpaired) electrons. The Labute approximate surface area is 94.9 Å². The molecular weight excluding hydrogens is 206 g/mol. The van der Waals surface area contributed by atoms with Gasteiger partial charge in [-0.05, 0) is 19.3 Å². The molecule has 6 nitrogen and oxygen atoms in total. The van der Waals surface area contributed by atoms with Crippen LogP contribution >= 0.6 is 0 Å². The Morgan fingerprint density at radius 3 is 2.94 bits per heavy atom. The van der Waals surface area contributed by atoms with Crippen LogP contribution in [0.15, 0.2) is 0 Å². The number of hydrogen-bond donors (Lipinski definition) is 1. The Kier molecular flexibility index (Phi) is 3.07. The predicted octanol–water partition coefficient (Wildman–Crippen LogP) is 0.841. The van der Waals surface area contributed by atoms with Gasteiger partial charge in [0, 0.05) is 12.6 Å². The van der Waals surface area contributed by atoms with Crippen LogP contribution in [0.4, 0.5) is 11.9 Å². The zero-order chi connectivity index (χ0) is 11.5. The molecule has 2 heterocycles. The van der Waals surface area contributed by atoms with E-state index in [0.29, 0.717) is 12.0 Å². The third kappa shape index (κ3) is 2.00. The van der Waals surface area contributed by atoms with Crippen LogP contribution < -0.4 is 15.4 Å². The summed E-state index contributed by atoms with van der Waals surface area (Å²) in [6.45, 7) is 3.15. The van der Waals surface area contributed by atoms with Crippen molar-refractivity contribution in [1.82, 2.24) is 15.0 Å². The molecule has 1 atom stereocenters. The number of nitrogens with zero attached hydrogens (tertiary/aromatic N) is 4. The van der Waals surface area contributed by atoms with Gasteiger partial charge in [0.2, 0.25) is 11.9 Å². The fourth-order valence-electron chi connectivity index (χ4n) is 2.10. The summed E-state index contributed by atoms with van der Waals surface area (Å²) in [6, 6.07) is 0.788. The van der Waals surface area contributed by atoms with Crippen LogP contribution in [0.5, 0.6) is 6.01 Å². The smallest absolute Gasteiger partial charge is 0.322 e. The van der Waals surface area contributed by atoms with Crippen LogP contribution in [0.3, 0.4) is 0 Å². The molecule has 0 aliphatic carbocycles. The van der Waals surface area contributed by atoms with E-state index in [4.69, 9.17) is 10.5 Å². The Morgan fingerprint density at radius 1 is 1.44 bits per heavy atom. The van der Waals surface area contributed by atoms with Gasteiger partial charge >= 0.3 is 6.01 Å². The topological polar surface area (TPSA) is 77.2 Å². The molecule has 1 aliphatic rings. The van der Waals surface area contributed by atoms with Crippen molar-refractivity contribution >= 4 is 11.9 Å². The molecule has 1 unspecified atom stereocenters. The first-order valence-electron chi connectivity index (χ1n) is 5.56. The van der Waals surface area contributed by atoms with Gasteiger partial charge in [-0.1, -0.05) is 6.92 Å². The molecule has 1 saturated heterocycles. The van der Waals surface area contributed by atoms with Gasteiger partial charge in [0.25, 0.3) is 0 Å². The Balaban J connectivity index is 2.28. The number of ether oxygens (including phenoxy) is 1. The molecule has 16 heavy (non-hydrogen) atoms. The zero-order valence-corrected chi connectivity index (χ0v) is 9.68. The van der Waals surface area contributed by atoms with Gasteiger partial charge in [-0.2, -0.15) is 15.0 Å². The van der Waals surface area contributed by atoms with Crippen molar-refractivity contribution < 1.29 is 4.74 Å². The highest BCUT2D eigenvalue weighted by atomic mass is 16.5. The molecule has 0 bridgehead atoms. The molecule has 0 spiro atoms. The molecule has 0 amide bonds. The van der Waals surface area contributed by atoms with Crippen molar-refractivity contribution in [3.05, 3.63) is 0 Å². The second-order valence-electron chi connectivity index (χ2n) is 3.88. The van der Waals surface area contributed by atoms with Crippen molar-refractivity contribution in [2.24, 2.45) is 0 Å². The lowest BCUT2D eigenvalue weighted by Crippen LogP contribution is -2.30. The van der Waals surface area contributed by atoms with Gasteiger partial charge < -0.3 is 15.4 Å². The summed E-state index contributed by atoms with van der Waals surface area (Å²) in [6.07, 6.45) is 3.45. The van der Waals surface area contributed by atoms with Crippen LogP contribution in [-0.4, -0.2) is 34.6 Å². The molecular formula is C10H17N5O. The summed E-state index contributed by atoms with van der Waals surface area (Å²) in [5, 5.41) is 0. The highest BCUT2D eigenvalue weighted by Crippen LogP contribution is 2.25. The molecule has 88 valence electrons. The third-order valence-corrected chi connectivity index (χ3v) is 2.91. The number of rotatable bonds is 3. The standard InChI is InChI=1S/C10H17N5O/c1-3-7-5-4-6-15(7)9-12-8(11)13-10(14-9)16-2/h7H,3-6H2,1-2H3,(H2,11,12,13,14). The lowest BCUT2D eigenvalue weighted by atomic mass is 10.2. The monoisotopic (exact) mass is 223 g/mol. The SMILES string of the molecule is CCC1CCCN1c1nc(N)nc(OC)n1. The lowest BCUT2D eigenvalue weighted by molar-refractivity contribution is 0.378. The minimum atomic E-state index is 0.212. The van der Waals surface area contributed by atoms with Crippen LogP contribution in [0.2, 0.25) is 0 Å². The third-order valence-electron chi connectivity index (χ3n) is 2.91. The fraction of sp³-hybridized carbons (Fsp3) is 0.700. The lowest BCUT2D eigenvalue weighted by Gasteiger charge is -2.23. The van der Waals surface area contributed by atoms with Gasteiger partial charge in [0.15, 0.2) is 0 Å². The van der Waals surface area contributed by atoms with Crippen molar-refractivity contribution in [1.29, 1.82) is 0 Å². The van der Waals surface area contributed by atoms with E-state index in [0.717, 1.165) is 13.0 Å². The largest absolute Gasteiger partial charge is 0.467 e. The number of nitrogen functional groups attached to an aromatic ring is 1. The minimum absolute atomic E-state index is 0.212. The van der Waals surface area contributed by atoms with E-state index >= 15 is 0 Å². The highest BCUT2D eigenvalue weighted by Gasteiger charge is 2.25. The van der Waals surface area contributed by atoms with E-state index in [1.54, 1.807) is 0 Å². The van der Waals surface area contributed by atoms with Crippen molar-refractivity contribution in [2.75, 3.05) is 24.3 Å². The van der Waals surface area contributed by atoms with Crippen molar-refractivity contribution in [3.63, 3.8) is 0 Å². The van der Waals surface area contributed by atoms with E-state index in [-0.39, 0.29) is 12.0 Å². The van der Waals surface area contributed by atoms with E-state index in [1.165, 1.54) is 20.0 Å². The summed E-state index contributed by atoms with van der Waals surface area (Å²) in [4.78, 5) is 14.5. The Morgan fingerprint density at radius 2 is 2.25 bits per heavy atom. The fourth-order valence-corrected chi connectivity index (χ4v) is 2.10. The maximum atomic E-state index is 5.62. The molecule has 1 aliphatic heterocycles. The molecule has 6 heteroatoms. The molecule has 2 N–H and O–H groups in total. The average Bonchev–Trinajstić information content (AvgIpc) is 2.76. The summed E-state index contributed by atoms with van der Waals surface area (Å²) in [5.41, 5.74) is 5.62. The highest BCUT2D eigenvalue weighted by molar-refractivity contribution is 5.38. The minimum Gasteiger partial charge on any atom is -0.467 e. The molecule has 1 aromatic rings. The second kappa shape index (κ2) is 4.51. The molecule has 2 rings (SSSR count). The van der Waals surface area contributed by atoms with Gasteiger partial charge in [0.05, 0.1) is 7.11 Å². The van der Waals surface area contributed by atoms with Crippen molar-refractivity contribution in [3.8, 4) is 6.01 Å². The van der Waals surface area contributed by atoms with Gasteiger partial charge in [-0.3, -0.25) is 0 Å². The first-order chi connectivity index (χ1) is 7.74. The van der Waals surface area contributed by atoms with Crippen LogP contribution in [0.1, 0.15) is 26.2 Å². The quantitative estimate of drug-likeness (QED) is 0.818. The molecule has 1 aromatic heterocycles. The summed E-state index contributed by atoms with van der Waals surface area (Å²) in [7, 11) is 1.53. The zero-order valence-electron chi connectivity index (χ0n) is 9.68. The van der Waals surface area contributed by atoms with Gasteiger partial charge in [0.1, 0.15) is 0 Å². The van der Waals surface area contributed by atoms with E-state index in [2.05, 4.69) is 26.8 Å². The second-order valence-corrected chi connectivity index (χ2v) is 3.88. The number of aromatic nitrogens is 3. The first-order valence-corrected chi connectivity index (χ1v) is 5.56. The molecule has 0 saturated carbocycles. The Bertz CT molecular complexity index is 370. The summed E-state index contributed by atoms with van der Waals surface area (Å²) >= 11 is 0. The van der Waals surface area contributed by atoms with Gasteiger partial charge in [-0.25, -0.2) is 0 Å². The van der Waals surface area contributed by atoms with Gasteiger partial charge in [-0.15, -0.1) is 0 Å². The van der Waals surface area contributed by atoms with E-state index in [1.807, 2.05) is 0 Å². The first kappa shape index (κ1) is 10.9. The normalized spacial score (nSPS) is 20.1. The Hall–Kier alpha value is -1.59. The van der Waals surface area contributed by atoms with Crippen LogP contribution in [0.25, 0.3) is 0 Å².